The molecule has 0 aromatic heterocycles. The van der Waals surface area contributed by atoms with Gasteiger partial charge >= 0.3 is 6.36 Å². The molecule has 0 heterocycles. The van der Waals surface area contributed by atoms with E-state index in [0.717, 1.165) is 24.3 Å². The molecule has 15 heteroatoms. The fourth-order valence-electron chi connectivity index (χ4n) is 2.13. The molecule has 0 amide bonds. The second-order valence-electron chi connectivity index (χ2n) is 5.62. The molecule has 0 saturated carbocycles. The van der Waals surface area contributed by atoms with Gasteiger partial charge in [0.1, 0.15) is 5.75 Å². The Hall–Kier alpha value is -2.66. The normalized spacial score (nSPS) is 12.0. The fraction of sp³-hybridized carbons (Fsp3) is 0.188. The number of benzene rings is 2. The molecule has 10 nitrogen and oxygen atoms in total. The predicted octanol–water partition coefficient (Wildman–Crippen LogP) is 2.82. The van der Waals surface area contributed by atoms with Crippen molar-refractivity contribution in [3.8, 4) is 5.75 Å². The van der Waals surface area contributed by atoms with Gasteiger partial charge in [0.2, 0.25) is 10.0 Å². The SMILES string of the molecule is I.NC(=NCCNS(=O)(=O)c1cccc([N+](=O)[O-])c1)Nc1ccc(OC(F)(F)F)cc1. The van der Waals surface area contributed by atoms with Gasteiger partial charge in [0, 0.05) is 24.4 Å². The first kappa shape index (κ1) is 26.4. The van der Waals surface area contributed by atoms with Crippen LogP contribution in [0.5, 0.6) is 5.75 Å². The van der Waals surface area contributed by atoms with Crippen LogP contribution in [0.3, 0.4) is 0 Å². The third-order valence-electron chi connectivity index (χ3n) is 3.39. The highest BCUT2D eigenvalue weighted by atomic mass is 127. The van der Waals surface area contributed by atoms with Crippen molar-refractivity contribution in [2.24, 2.45) is 10.7 Å². The third-order valence-corrected chi connectivity index (χ3v) is 4.84. The molecule has 2 rings (SSSR count). The zero-order valence-corrected chi connectivity index (χ0v) is 18.6. The lowest BCUT2D eigenvalue weighted by atomic mass is 10.3. The average Bonchev–Trinajstić information content (AvgIpc) is 2.66. The van der Waals surface area contributed by atoms with Gasteiger partial charge in [-0.25, -0.2) is 13.1 Å². The smallest absolute Gasteiger partial charge is 0.406 e. The standard InChI is InChI=1S/C16H16F3N5O5S.HI/c17-16(18,19)29-13-6-4-11(5-7-13)23-15(20)21-8-9-22-30(27,28)14-3-1-2-12(10-14)24(25)26;/h1-7,10,22H,8-9H2,(H3,20,21,23);1H. The van der Waals surface area contributed by atoms with Crippen LogP contribution < -0.4 is 20.5 Å². The topological polar surface area (TPSA) is 149 Å². The van der Waals surface area contributed by atoms with E-state index in [0.29, 0.717) is 5.69 Å². The molecule has 4 N–H and O–H groups in total. The number of ether oxygens (including phenoxy) is 1. The molecule has 0 fully saturated rings. The summed E-state index contributed by atoms with van der Waals surface area (Å²) in [7, 11) is -3.98. The molecule has 0 spiro atoms. The number of hydrogen-bond donors (Lipinski definition) is 3. The first-order valence-electron chi connectivity index (χ1n) is 8.13. The summed E-state index contributed by atoms with van der Waals surface area (Å²) in [6.45, 7) is -0.214. The van der Waals surface area contributed by atoms with E-state index < -0.39 is 27.1 Å². The molecule has 0 radical (unpaired) electrons. The molecule has 0 aliphatic rings. The lowest BCUT2D eigenvalue weighted by molar-refractivity contribution is -0.385. The van der Waals surface area contributed by atoms with Crippen molar-refractivity contribution in [3.63, 3.8) is 0 Å². The van der Waals surface area contributed by atoms with Crippen molar-refractivity contribution < 1.29 is 31.2 Å². The van der Waals surface area contributed by atoms with E-state index in [-0.39, 0.29) is 53.6 Å². The van der Waals surface area contributed by atoms with Gasteiger partial charge in [0.05, 0.1) is 16.4 Å². The van der Waals surface area contributed by atoms with Crippen LogP contribution in [0.4, 0.5) is 24.5 Å². The number of rotatable bonds is 8. The number of anilines is 1. The molecule has 31 heavy (non-hydrogen) atoms. The second kappa shape index (κ2) is 11.1. The number of sulfonamides is 1. The van der Waals surface area contributed by atoms with Crippen LogP contribution in [0.25, 0.3) is 0 Å². The maximum Gasteiger partial charge on any atom is 0.573 e. The van der Waals surface area contributed by atoms with Crippen molar-refractivity contribution in [1.29, 1.82) is 0 Å². The van der Waals surface area contributed by atoms with E-state index in [1.807, 2.05) is 0 Å². The van der Waals surface area contributed by atoms with Crippen LogP contribution in [0.15, 0.2) is 58.4 Å². The summed E-state index contributed by atoms with van der Waals surface area (Å²) in [5, 5.41) is 13.4. The van der Waals surface area contributed by atoms with Gasteiger partial charge in [-0.3, -0.25) is 15.1 Å². The highest BCUT2D eigenvalue weighted by molar-refractivity contribution is 14.0. The maximum absolute atomic E-state index is 12.2. The average molecular weight is 575 g/mol. The Balaban J connectivity index is 0.00000480. The monoisotopic (exact) mass is 575 g/mol. The number of nitrogens with two attached hydrogens (primary N) is 1. The first-order chi connectivity index (χ1) is 14.0. The van der Waals surface area contributed by atoms with Crippen molar-refractivity contribution in [2.45, 2.75) is 11.3 Å². The molecular weight excluding hydrogens is 558 g/mol. The van der Waals surface area contributed by atoms with Crippen molar-refractivity contribution in [2.75, 3.05) is 18.4 Å². The van der Waals surface area contributed by atoms with Crippen LogP contribution in [0, 0.1) is 10.1 Å². The van der Waals surface area contributed by atoms with Gasteiger partial charge in [-0.2, -0.15) is 0 Å². The molecule has 0 saturated heterocycles. The van der Waals surface area contributed by atoms with Gasteiger partial charge in [-0.05, 0) is 30.3 Å². The molecule has 0 bridgehead atoms. The summed E-state index contributed by atoms with van der Waals surface area (Å²) in [6, 6.07) is 9.28. The van der Waals surface area contributed by atoms with Gasteiger partial charge in [-0.15, -0.1) is 37.1 Å². The van der Waals surface area contributed by atoms with E-state index in [1.165, 1.54) is 24.3 Å². The van der Waals surface area contributed by atoms with Crippen molar-refractivity contribution in [3.05, 3.63) is 58.6 Å². The largest absolute Gasteiger partial charge is 0.573 e. The zero-order valence-electron chi connectivity index (χ0n) is 15.5. The highest BCUT2D eigenvalue weighted by Gasteiger charge is 2.30. The molecule has 0 aliphatic carbocycles. The van der Waals surface area contributed by atoms with E-state index in [1.54, 1.807) is 0 Å². The molecule has 0 atom stereocenters. The molecule has 0 unspecified atom stereocenters. The van der Waals surface area contributed by atoms with Crippen molar-refractivity contribution in [1.82, 2.24) is 4.72 Å². The number of nitrogens with zero attached hydrogens (tertiary/aromatic N) is 2. The Bertz CT molecular complexity index is 1030. The van der Waals surface area contributed by atoms with Gasteiger partial charge in [0.25, 0.3) is 5.69 Å². The van der Waals surface area contributed by atoms with Gasteiger partial charge in [0.15, 0.2) is 5.96 Å². The molecular formula is C16H17F3IN5O5S. The van der Waals surface area contributed by atoms with Crippen LogP contribution in [-0.4, -0.2) is 38.8 Å². The quantitative estimate of drug-likeness (QED) is 0.110. The number of alkyl halides is 3. The van der Waals surface area contributed by atoms with Crippen molar-refractivity contribution >= 4 is 51.3 Å². The minimum atomic E-state index is -4.80. The lowest BCUT2D eigenvalue weighted by Gasteiger charge is -2.10. The summed E-state index contributed by atoms with van der Waals surface area (Å²) < 4.78 is 66.6. The number of aliphatic imine (C=N–C) groups is 1. The Labute approximate surface area is 191 Å². The van der Waals surface area contributed by atoms with Crippen LogP contribution in [-0.2, 0) is 10.0 Å². The number of halogens is 4. The summed E-state index contributed by atoms with van der Waals surface area (Å²) in [5.41, 5.74) is 5.61. The van der Waals surface area contributed by atoms with E-state index in [4.69, 9.17) is 5.73 Å². The molecule has 2 aromatic rings. The van der Waals surface area contributed by atoms with Crippen LogP contribution >= 0.6 is 24.0 Å². The fourth-order valence-corrected chi connectivity index (χ4v) is 3.19. The third kappa shape index (κ3) is 8.93. The van der Waals surface area contributed by atoms with Crippen LogP contribution in [0.1, 0.15) is 0 Å². The predicted molar refractivity (Wildman–Crippen MR) is 117 cm³/mol. The first-order valence-corrected chi connectivity index (χ1v) is 9.61. The Kier molecular flexibility index (Phi) is 9.44. The highest BCUT2D eigenvalue weighted by Crippen LogP contribution is 2.23. The van der Waals surface area contributed by atoms with Gasteiger partial charge in [-0.1, -0.05) is 6.07 Å². The molecule has 2 aromatic carbocycles. The minimum Gasteiger partial charge on any atom is -0.406 e. The Morgan fingerprint density at radius 2 is 1.84 bits per heavy atom. The zero-order chi connectivity index (χ0) is 22.4. The van der Waals surface area contributed by atoms with Gasteiger partial charge < -0.3 is 15.8 Å². The number of non-ortho nitro benzene ring substituents is 1. The summed E-state index contributed by atoms with van der Waals surface area (Å²) in [6.07, 6.45) is -4.80. The number of hydrogen-bond acceptors (Lipinski definition) is 6. The Morgan fingerprint density at radius 3 is 2.42 bits per heavy atom. The second-order valence-corrected chi connectivity index (χ2v) is 7.38. The lowest BCUT2D eigenvalue weighted by Crippen LogP contribution is -2.28. The maximum atomic E-state index is 12.2. The number of nitro groups is 1. The van der Waals surface area contributed by atoms with Crippen LogP contribution in [0.2, 0.25) is 0 Å². The van der Waals surface area contributed by atoms with E-state index in [2.05, 4.69) is 19.8 Å². The summed E-state index contributed by atoms with van der Waals surface area (Å²) >= 11 is 0. The molecule has 0 aliphatic heterocycles. The summed E-state index contributed by atoms with van der Waals surface area (Å²) in [4.78, 5) is 13.6. The number of guanidine groups is 1. The van der Waals surface area contributed by atoms with E-state index >= 15 is 0 Å². The number of nitro benzene ring substituents is 1. The Morgan fingerprint density at radius 1 is 1.19 bits per heavy atom. The minimum absolute atomic E-state index is 0. The summed E-state index contributed by atoms with van der Waals surface area (Å²) in [5.74, 6) is -0.506. The number of nitrogens with one attached hydrogen (secondary N) is 2. The van der Waals surface area contributed by atoms with E-state index in [9.17, 15) is 31.7 Å². The molecule has 170 valence electrons.